The summed E-state index contributed by atoms with van der Waals surface area (Å²) in [6.45, 7) is 5.73. The zero-order valence-electron chi connectivity index (χ0n) is 26.0. The monoisotopic (exact) mass is 603 g/mol. The van der Waals surface area contributed by atoms with E-state index in [2.05, 4.69) is 20.3 Å². The van der Waals surface area contributed by atoms with Crippen LogP contribution in [0.3, 0.4) is 0 Å². The van der Waals surface area contributed by atoms with Crippen LogP contribution in [0.25, 0.3) is 0 Å². The largest absolute Gasteiger partial charge is 0.495 e. The molecule has 0 unspecified atom stereocenters. The normalized spacial score (nSPS) is 24.3. The van der Waals surface area contributed by atoms with E-state index in [0.29, 0.717) is 52.5 Å². The molecule has 1 atom stereocenters. The lowest BCUT2D eigenvalue weighted by Crippen LogP contribution is -2.51. The van der Waals surface area contributed by atoms with Gasteiger partial charge >= 0.3 is 6.09 Å². The SMILES string of the molecule is CC[C@]1(C2CCCC2)N=c2nc(Nc3ccc(C(=O)N(C)C4CC(COC(=O)N5CCC5)C4)cc3OC)nc(C)c2=NC1=O. The predicted molar refractivity (Wildman–Crippen MR) is 161 cm³/mol. The third-order valence-corrected chi connectivity index (χ3v) is 9.83. The molecule has 12 nitrogen and oxygen atoms in total. The molecule has 3 fully saturated rings. The van der Waals surface area contributed by atoms with E-state index in [-0.39, 0.29) is 35.8 Å². The number of rotatable bonds is 9. The molecule has 2 aliphatic heterocycles. The molecule has 0 bridgehead atoms. The molecular formula is C32H41N7O5. The molecule has 44 heavy (non-hydrogen) atoms. The molecule has 6 rings (SSSR count). The van der Waals surface area contributed by atoms with Gasteiger partial charge in [0.2, 0.25) is 5.95 Å². The van der Waals surface area contributed by atoms with E-state index < -0.39 is 5.54 Å². The number of ether oxygens (including phenoxy) is 2. The Kier molecular flexibility index (Phi) is 8.26. The van der Waals surface area contributed by atoms with E-state index >= 15 is 0 Å². The number of benzene rings is 1. The fourth-order valence-corrected chi connectivity index (χ4v) is 6.79. The van der Waals surface area contributed by atoms with E-state index in [0.717, 1.165) is 58.0 Å². The first kappa shape index (κ1) is 30.0. The molecule has 1 saturated heterocycles. The minimum atomic E-state index is -0.869. The van der Waals surface area contributed by atoms with Gasteiger partial charge < -0.3 is 24.6 Å². The van der Waals surface area contributed by atoms with Crippen molar-refractivity contribution in [3.05, 3.63) is 40.3 Å². The van der Waals surface area contributed by atoms with E-state index in [1.165, 1.54) is 0 Å². The van der Waals surface area contributed by atoms with Crippen molar-refractivity contribution in [1.82, 2.24) is 19.8 Å². The van der Waals surface area contributed by atoms with Gasteiger partial charge in [-0.3, -0.25) is 9.59 Å². The summed E-state index contributed by atoms with van der Waals surface area (Å²) >= 11 is 0. The van der Waals surface area contributed by atoms with Gasteiger partial charge in [0.15, 0.2) is 5.49 Å². The highest BCUT2D eigenvalue weighted by Gasteiger charge is 2.46. The van der Waals surface area contributed by atoms with E-state index in [1.807, 2.05) is 6.92 Å². The Hall–Kier alpha value is -4.09. The second kappa shape index (κ2) is 12.1. The second-order valence-corrected chi connectivity index (χ2v) is 12.5. The molecule has 4 aliphatic rings. The number of carbonyl (C=O) groups excluding carboxylic acids is 3. The standard InChI is InChI=1S/C32H41N7O5/c1-5-32(22-9-6-7-10-22)29(41)35-26-19(2)33-30(36-27(26)37-32)34-24-12-11-21(17-25(24)43-4)28(40)38(3)23-15-20(16-23)18-44-31(42)39-13-8-14-39/h11-12,17,20,22-23H,5-10,13-16,18H2,1-4H3,(H,34,36,37)/t20?,23?,32-/m1/s1. The fraction of sp³-hybridized carbons (Fsp3) is 0.594. The van der Waals surface area contributed by atoms with Crippen LogP contribution in [0, 0.1) is 18.8 Å². The van der Waals surface area contributed by atoms with Crippen molar-refractivity contribution >= 4 is 29.5 Å². The number of aromatic nitrogens is 2. The lowest BCUT2D eigenvalue weighted by Gasteiger charge is -2.41. The van der Waals surface area contributed by atoms with Gasteiger partial charge in [-0.25, -0.2) is 19.8 Å². The molecular weight excluding hydrogens is 562 g/mol. The molecule has 2 saturated carbocycles. The van der Waals surface area contributed by atoms with Crippen LogP contribution in [0.15, 0.2) is 28.2 Å². The van der Waals surface area contributed by atoms with E-state index in [4.69, 9.17) is 14.5 Å². The number of likely N-dealkylation sites (tertiary alicyclic amines) is 1. The van der Waals surface area contributed by atoms with Gasteiger partial charge in [0.25, 0.3) is 11.8 Å². The summed E-state index contributed by atoms with van der Waals surface area (Å²) < 4.78 is 11.1. The molecule has 3 amide bonds. The van der Waals surface area contributed by atoms with Crippen LogP contribution in [0.5, 0.6) is 5.75 Å². The average Bonchev–Trinajstić information content (AvgIpc) is 3.51. The van der Waals surface area contributed by atoms with Gasteiger partial charge in [0, 0.05) is 31.7 Å². The molecule has 234 valence electrons. The van der Waals surface area contributed by atoms with Crippen molar-refractivity contribution in [2.24, 2.45) is 21.8 Å². The number of fused-ring (bicyclic) bond motifs is 1. The molecule has 1 aromatic heterocycles. The fourth-order valence-electron chi connectivity index (χ4n) is 6.79. The molecule has 12 heteroatoms. The lowest BCUT2D eigenvalue weighted by molar-refractivity contribution is -0.125. The first-order valence-electron chi connectivity index (χ1n) is 15.7. The summed E-state index contributed by atoms with van der Waals surface area (Å²) in [6, 6.07) is 5.32. The van der Waals surface area contributed by atoms with Crippen LogP contribution in [0.4, 0.5) is 16.4 Å². The molecule has 0 radical (unpaired) electrons. The maximum atomic E-state index is 13.3. The Labute approximate surface area is 257 Å². The number of carbonyl (C=O) groups is 3. The number of aryl methyl sites for hydroxylation is 1. The van der Waals surface area contributed by atoms with Crippen molar-refractivity contribution in [1.29, 1.82) is 0 Å². The van der Waals surface area contributed by atoms with Gasteiger partial charge in [0.1, 0.15) is 16.6 Å². The smallest absolute Gasteiger partial charge is 0.409 e. The quantitative estimate of drug-likeness (QED) is 0.461. The van der Waals surface area contributed by atoms with Crippen molar-refractivity contribution < 1.29 is 23.9 Å². The van der Waals surface area contributed by atoms with E-state index in [1.54, 1.807) is 49.1 Å². The lowest BCUT2D eigenvalue weighted by atomic mass is 9.79. The number of nitrogens with zero attached hydrogens (tertiary/aromatic N) is 6. The zero-order valence-corrected chi connectivity index (χ0v) is 26.0. The Bertz CT molecular complexity index is 1580. The summed E-state index contributed by atoms with van der Waals surface area (Å²) in [6.07, 6.45) is 7.11. The number of hydrogen-bond donors (Lipinski definition) is 1. The molecule has 0 spiro atoms. The zero-order chi connectivity index (χ0) is 31.0. The highest BCUT2D eigenvalue weighted by molar-refractivity contribution is 5.95. The van der Waals surface area contributed by atoms with Gasteiger partial charge in [-0.15, -0.1) is 0 Å². The van der Waals surface area contributed by atoms with Crippen LogP contribution in [0.1, 0.15) is 74.3 Å². The minimum Gasteiger partial charge on any atom is -0.495 e. The minimum absolute atomic E-state index is 0.0893. The van der Waals surface area contributed by atoms with E-state index in [9.17, 15) is 14.4 Å². The average molecular weight is 604 g/mol. The topological polar surface area (TPSA) is 139 Å². The van der Waals surface area contributed by atoms with Gasteiger partial charge in [-0.2, -0.15) is 4.98 Å². The Balaban J connectivity index is 1.14. The number of methoxy groups -OCH3 is 1. The Morgan fingerprint density at radius 2 is 1.89 bits per heavy atom. The maximum Gasteiger partial charge on any atom is 0.409 e. The van der Waals surface area contributed by atoms with Crippen LogP contribution in [-0.4, -0.2) is 83.1 Å². The van der Waals surface area contributed by atoms with Crippen molar-refractivity contribution in [2.45, 2.75) is 76.8 Å². The number of nitrogens with one attached hydrogen (secondary N) is 1. The van der Waals surface area contributed by atoms with Gasteiger partial charge in [0.05, 0.1) is 25.1 Å². The van der Waals surface area contributed by atoms with Crippen molar-refractivity contribution in [3.63, 3.8) is 0 Å². The van der Waals surface area contributed by atoms with Crippen molar-refractivity contribution in [2.75, 3.05) is 39.2 Å². The Morgan fingerprint density at radius 3 is 2.55 bits per heavy atom. The van der Waals surface area contributed by atoms with Gasteiger partial charge in [-0.05, 0) is 75.5 Å². The number of amides is 3. The summed E-state index contributed by atoms with van der Waals surface area (Å²) in [5.74, 6) is 0.922. The number of hydrogen-bond acceptors (Lipinski definition) is 9. The molecule has 1 aromatic carbocycles. The second-order valence-electron chi connectivity index (χ2n) is 12.5. The predicted octanol–water partition coefficient (Wildman–Crippen LogP) is 3.35. The Morgan fingerprint density at radius 1 is 1.14 bits per heavy atom. The molecule has 2 aliphatic carbocycles. The first-order chi connectivity index (χ1) is 21.2. The molecule has 2 aromatic rings. The molecule has 1 N–H and O–H groups in total. The number of anilines is 2. The highest BCUT2D eigenvalue weighted by atomic mass is 16.6. The summed E-state index contributed by atoms with van der Waals surface area (Å²) in [5.41, 5.74) is 1.22. The van der Waals surface area contributed by atoms with Gasteiger partial charge in [-0.1, -0.05) is 19.8 Å². The third-order valence-electron chi connectivity index (χ3n) is 9.83. The van der Waals surface area contributed by atoms with Crippen LogP contribution in [-0.2, 0) is 9.53 Å². The molecule has 3 heterocycles. The third kappa shape index (κ3) is 5.50. The van der Waals surface area contributed by atoms with Crippen LogP contribution in [0.2, 0.25) is 0 Å². The van der Waals surface area contributed by atoms with Crippen molar-refractivity contribution in [3.8, 4) is 5.75 Å². The highest BCUT2D eigenvalue weighted by Crippen LogP contribution is 2.40. The maximum absolute atomic E-state index is 13.3. The van der Waals surface area contributed by atoms with Crippen LogP contribution >= 0.6 is 0 Å². The summed E-state index contributed by atoms with van der Waals surface area (Å²) in [4.78, 5) is 60.6. The summed E-state index contributed by atoms with van der Waals surface area (Å²) in [7, 11) is 3.35. The first-order valence-corrected chi connectivity index (χ1v) is 15.7. The summed E-state index contributed by atoms with van der Waals surface area (Å²) in [5, 5.41) is 3.64. The van der Waals surface area contributed by atoms with Crippen LogP contribution < -0.4 is 20.9 Å².